The van der Waals surface area contributed by atoms with Crippen LogP contribution in [0, 0.1) is 0 Å². The fraction of sp³-hybridized carbons (Fsp3) is 0. The number of nitrogens with zero attached hydrogens (tertiary/aromatic N) is 3. The molecule has 0 atom stereocenters. The molecule has 0 unspecified atom stereocenters. The predicted octanol–water partition coefficient (Wildman–Crippen LogP) is 5.08. The zero-order valence-electron chi connectivity index (χ0n) is 10.9. The van der Waals surface area contributed by atoms with Gasteiger partial charge in [0.25, 0.3) is 0 Å². The maximum absolute atomic E-state index is 4.49. The molecule has 0 fully saturated rings. The molecule has 0 N–H and O–H groups in total. The Morgan fingerprint density at radius 1 is 0.762 bits per heavy atom. The molecule has 21 heavy (non-hydrogen) atoms. The van der Waals surface area contributed by atoms with Crippen LogP contribution in [0.3, 0.4) is 0 Å². The SMILES string of the molecule is c1csc(-c2cccnc2-c2cccs2)c1.c1csnn1. The van der Waals surface area contributed by atoms with Crippen molar-refractivity contribution in [3.63, 3.8) is 0 Å². The quantitative estimate of drug-likeness (QED) is 0.515. The van der Waals surface area contributed by atoms with E-state index in [-0.39, 0.29) is 0 Å². The van der Waals surface area contributed by atoms with E-state index in [0.717, 1.165) is 5.69 Å². The van der Waals surface area contributed by atoms with E-state index in [0.29, 0.717) is 0 Å². The summed E-state index contributed by atoms with van der Waals surface area (Å²) in [5.74, 6) is 0. The zero-order chi connectivity index (χ0) is 14.3. The summed E-state index contributed by atoms with van der Waals surface area (Å²) in [4.78, 5) is 6.99. The lowest BCUT2D eigenvalue weighted by atomic mass is 10.1. The third-order valence-electron chi connectivity index (χ3n) is 2.63. The summed E-state index contributed by atoms with van der Waals surface area (Å²) in [7, 11) is 0. The topological polar surface area (TPSA) is 38.7 Å². The number of thiophene rings is 2. The smallest absolute Gasteiger partial charge is 0.0888 e. The molecule has 3 nitrogen and oxygen atoms in total. The van der Waals surface area contributed by atoms with Crippen molar-refractivity contribution < 1.29 is 0 Å². The molecule has 0 aliphatic carbocycles. The highest BCUT2D eigenvalue weighted by molar-refractivity contribution is 7.14. The Morgan fingerprint density at radius 3 is 2.14 bits per heavy atom. The Kier molecular flexibility index (Phi) is 4.83. The van der Waals surface area contributed by atoms with E-state index >= 15 is 0 Å². The molecular formula is C15H11N3S3. The lowest BCUT2D eigenvalue weighted by Crippen LogP contribution is -1.83. The molecule has 104 valence electrons. The van der Waals surface area contributed by atoms with E-state index in [4.69, 9.17) is 0 Å². The van der Waals surface area contributed by atoms with Crippen molar-refractivity contribution in [2.75, 3.05) is 0 Å². The van der Waals surface area contributed by atoms with Crippen molar-refractivity contribution >= 4 is 34.2 Å². The Bertz CT molecular complexity index is 677. The second-order valence-corrected chi connectivity index (χ2v) is 6.48. The largest absolute Gasteiger partial charge is 0.255 e. The zero-order valence-corrected chi connectivity index (χ0v) is 13.4. The predicted molar refractivity (Wildman–Crippen MR) is 90.8 cm³/mol. The number of hydrogen-bond acceptors (Lipinski definition) is 6. The van der Waals surface area contributed by atoms with Gasteiger partial charge in [-0.15, -0.1) is 27.8 Å². The maximum Gasteiger partial charge on any atom is 0.0888 e. The van der Waals surface area contributed by atoms with Gasteiger partial charge >= 0.3 is 0 Å². The van der Waals surface area contributed by atoms with E-state index < -0.39 is 0 Å². The average molecular weight is 329 g/mol. The van der Waals surface area contributed by atoms with E-state index in [1.54, 1.807) is 28.9 Å². The van der Waals surface area contributed by atoms with Crippen LogP contribution >= 0.6 is 34.2 Å². The van der Waals surface area contributed by atoms with Crippen LogP contribution in [0.5, 0.6) is 0 Å². The van der Waals surface area contributed by atoms with Crippen LogP contribution in [0.1, 0.15) is 0 Å². The van der Waals surface area contributed by atoms with Crippen molar-refractivity contribution in [2.45, 2.75) is 0 Å². The van der Waals surface area contributed by atoms with Crippen molar-refractivity contribution in [1.29, 1.82) is 0 Å². The first-order valence-corrected chi connectivity index (χ1v) is 8.78. The van der Waals surface area contributed by atoms with Crippen molar-refractivity contribution in [3.05, 3.63) is 64.9 Å². The molecule has 0 aromatic carbocycles. The fourth-order valence-electron chi connectivity index (χ4n) is 1.78. The summed E-state index contributed by atoms with van der Waals surface area (Å²) in [5, 5.41) is 9.49. The van der Waals surface area contributed by atoms with Gasteiger partial charge in [-0.05, 0) is 46.6 Å². The molecule has 0 amide bonds. The van der Waals surface area contributed by atoms with Crippen molar-refractivity contribution in [1.82, 2.24) is 14.6 Å². The molecule has 4 rings (SSSR count). The molecule has 0 aliphatic rings. The van der Waals surface area contributed by atoms with Gasteiger partial charge in [0, 0.05) is 22.0 Å². The molecule has 0 radical (unpaired) electrons. The van der Waals surface area contributed by atoms with Gasteiger partial charge in [-0.3, -0.25) is 4.98 Å². The van der Waals surface area contributed by atoms with Crippen LogP contribution in [0.15, 0.2) is 64.9 Å². The first-order chi connectivity index (χ1) is 10.4. The maximum atomic E-state index is 4.49. The van der Waals surface area contributed by atoms with E-state index in [9.17, 15) is 0 Å². The highest BCUT2D eigenvalue weighted by atomic mass is 32.1. The number of rotatable bonds is 2. The molecule has 4 aromatic rings. The minimum atomic E-state index is 1.08. The molecule has 0 saturated heterocycles. The summed E-state index contributed by atoms with van der Waals surface area (Å²) in [6, 6.07) is 12.5. The minimum Gasteiger partial charge on any atom is -0.255 e. The van der Waals surface area contributed by atoms with E-state index in [1.807, 2.05) is 17.6 Å². The fourth-order valence-corrected chi connectivity index (χ4v) is 3.54. The van der Waals surface area contributed by atoms with Gasteiger partial charge < -0.3 is 0 Å². The molecule has 0 aliphatic heterocycles. The van der Waals surface area contributed by atoms with Gasteiger partial charge in [-0.2, -0.15) is 0 Å². The van der Waals surface area contributed by atoms with E-state index in [2.05, 4.69) is 55.7 Å². The summed E-state index contributed by atoms with van der Waals surface area (Å²) >= 11 is 4.83. The average Bonchev–Trinajstić information content (AvgIpc) is 3.32. The number of hydrogen-bond donors (Lipinski definition) is 0. The standard InChI is InChI=1S/C13H9NS2.C2H2N2S/c1-4-10(11-5-2-8-15-11)13(14-7-1)12-6-3-9-16-12;1-2-5-4-3-1/h1-9H;1-2H. The lowest BCUT2D eigenvalue weighted by molar-refractivity contribution is 1.16. The minimum absolute atomic E-state index is 1.08. The van der Waals surface area contributed by atoms with Crippen LogP contribution in [-0.2, 0) is 0 Å². The van der Waals surface area contributed by atoms with Gasteiger partial charge in [0.05, 0.1) is 16.8 Å². The summed E-state index contributed by atoms with van der Waals surface area (Å²) in [5.41, 5.74) is 2.31. The van der Waals surface area contributed by atoms with Gasteiger partial charge in [-0.1, -0.05) is 16.6 Å². The van der Waals surface area contributed by atoms with Gasteiger partial charge in [0.2, 0.25) is 0 Å². The summed E-state index contributed by atoms with van der Waals surface area (Å²) < 4.78 is 3.51. The molecule has 0 bridgehead atoms. The van der Waals surface area contributed by atoms with Crippen LogP contribution in [0.4, 0.5) is 0 Å². The Labute approximate surface area is 134 Å². The van der Waals surface area contributed by atoms with Crippen LogP contribution < -0.4 is 0 Å². The van der Waals surface area contributed by atoms with Gasteiger partial charge in [0.15, 0.2) is 0 Å². The first-order valence-electron chi connectivity index (χ1n) is 6.19. The third-order valence-corrected chi connectivity index (χ3v) is 4.84. The Morgan fingerprint density at radius 2 is 1.57 bits per heavy atom. The molecule has 0 saturated carbocycles. The van der Waals surface area contributed by atoms with Gasteiger partial charge in [0.1, 0.15) is 0 Å². The second-order valence-electron chi connectivity index (χ2n) is 3.94. The normalized spacial score (nSPS) is 9.90. The van der Waals surface area contributed by atoms with Gasteiger partial charge in [-0.25, -0.2) is 0 Å². The lowest BCUT2D eigenvalue weighted by Gasteiger charge is -2.03. The second kappa shape index (κ2) is 7.21. The molecule has 0 spiro atoms. The summed E-state index contributed by atoms with van der Waals surface area (Å²) in [6.07, 6.45) is 3.51. The Hall–Kier alpha value is -1.89. The third kappa shape index (κ3) is 3.60. The molecule has 6 heteroatoms. The summed E-state index contributed by atoms with van der Waals surface area (Å²) in [6.45, 7) is 0. The number of aromatic nitrogens is 3. The molecule has 4 heterocycles. The Balaban J connectivity index is 0.000000225. The highest BCUT2D eigenvalue weighted by Gasteiger charge is 2.09. The van der Waals surface area contributed by atoms with Crippen molar-refractivity contribution in [3.8, 4) is 21.0 Å². The van der Waals surface area contributed by atoms with E-state index in [1.165, 1.54) is 26.9 Å². The van der Waals surface area contributed by atoms with Crippen LogP contribution in [0.2, 0.25) is 0 Å². The number of pyridine rings is 1. The first kappa shape index (κ1) is 14.1. The monoisotopic (exact) mass is 329 g/mol. The van der Waals surface area contributed by atoms with Crippen LogP contribution in [-0.4, -0.2) is 14.6 Å². The van der Waals surface area contributed by atoms with Crippen LogP contribution in [0.25, 0.3) is 21.0 Å². The molecular weight excluding hydrogens is 318 g/mol. The van der Waals surface area contributed by atoms with Crippen molar-refractivity contribution in [2.24, 2.45) is 0 Å². The highest BCUT2D eigenvalue weighted by Crippen LogP contribution is 2.34. The molecule has 4 aromatic heterocycles.